The Labute approximate surface area is 193 Å². The second-order valence-electron chi connectivity index (χ2n) is 8.53. The van der Waals surface area contributed by atoms with Crippen molar-refractivity contribution in [3.63, 3.8) is 0 Å². The number of carboxylic acid groups (broad SMARTS) is 1. The number of likely N-dealkylation sites (tertiary alicyclic amines) is 1. The molecule has 1 fully saturated rings. The van der Waals surface area contributed by atoms with E-state index in [0.717, 1.165) is 29.8 Å². The number of rotatable bonds is 7. The number of fused-ring (bicyclic) bond motifs is 1. The summed E-state index contributed by atoms with van der Waals surface area (Å²) in [5, 5.41) is 10.4. The molecular formula is C27H27NO5. The van der Waals surface area contributed by atoms with Crippen LogP contribution in [-0.4, -0.2) is 43.0 Å². The summed E-state index contributed by atoms with van der Waals surface area (Å²) < 4.78 is 16.3. The molecule has 3 unspecified atom stereocenters. The molecule has 1 N–H and O–H groups in total. The minimum atomic E-state index is -0.791. The van der Waals surface area contributed by atoms with Crippen molar-refractivity contribution >= 4 is 5.97 Å². The lowest BCUT2D eigenvalue weighted by Crippen LogP contribution is -2.30. The fourth-order valence-corrected chi connectivity index (χ4v) is 5.06. The summed E-state index contributed by atoms with van der Waals surface area (Å²) in [6, 6.07) is 23.6. The van der Waals surface area contributed by atoms with Gasteiger partial charge in [-0.3, -0.25) is 9.69 Å². The highest BCUT2D eigenvalue weighted by molar-refractivity contribution is 5.74. The van der Waals surface area contributed by atoms with Gasteiger partial charge in [-0.15, -0.1) is 0 Å². The molecular weight excluding hydrogens is 418 g/mol. The van der Waals surface area contributed by atoms with Gasteiger partial charge in [0.2, 0.25) is 6.79 Å². The summed E-state index contributed by atoms with van der Waals surface area (Å²) in [7, 11) is 1.63. The monoisotopic (exact) mass is 445 g/mol. The van der Waals surface area contributed by atoms with Gasteiger partial charge in [0.25, 0.3) is 0 Å². The van der Waals surface area contributed by atoms with Crippen LogP contribution < -0.4 is 14.2 Å². The molecule has 2 aliphatic heterocycles. The van der Waals surface area contributed by atoms with E-state index >= 15 is 0 Å². The molecule has 0 saturated carbocycles. The molecule has 1 saturated heterocycles. The van der Waals surface area contributed by atoms with E-state index in [1.807, 2.05) is 60.7 Å². The van der Waals surface area contributed by atoms with Crippen LogP contribution in [0.2, 0.25) is 0 Å². The summed E-state index contributed by atoms with van der Waals surface area (Å²) in [6.07, 6.45) is 0.855. The Bertz CT molecular complexity index is 1120. The molecule has 33 heavy (non-hydrogen) atoms. The first kappa shape index (κ1) is 21.3. The van der Waals surface area contributed by atoms with Crippen molar-refractivity contribution in [1.82, 2.24) is 4.90 Å². The summed E-state index contributed by atoms with van der Waals surface area (Å²) in [4.78, 5) is 14.9. The molecule has 170 valence electrons. The van der Waals surface area contributed by atoms with Gasteiger partial charge >= 0.3 is 5.97 Å². The molecule has 0 aromatic heterocycles. The van der Waals surface area contributed by atoms with E-state index in [1.54, 1.807) is 7.11 Å². The van der Waals surface area contributed by atoms with Crippen molar-refractivity contribution in [2.75, 3.05) is 27.0 Å². The lowest BCUT2D eigenvalue weighted by atomic mass is 9.82. The van der Waals surface area contributed by atoms with Gasteiger partial charge in [0, 0.05) is 25.0 Å². The average Bonchev–Trinajstić information content (AvgIpc) is 3.47. The first-order valence-electron chi connectivity index (χ1n) is 11.2. The zero-order valence-corrected chi connectivity index (χ0v) is 18.5. The van der Waals surface area contributed by atoms with Crippen LogP contribution in [-0.2, 0) is 11.2 Å². The Kier molecular flexibility index (Phi) is 5.92. The van der Waals surface area contributed by atoms with E-state index in [0.29, 0.717) is 18.0 Å². The highest BCUT2D eigenvalue weighted by atomic mass is 16.7. The van der Waals surface area contributed by atoms with Gasteiger partial charge in [0.1, 0.15) is 5.75 Å². The normalized spacial score (nSPS) is 21.8. The summed E-state index contributed by atoms with van der Waals surface area (Å²) in [5.41, 5.74) is 3.19. The summed E-state index contributed by atoms with van der Waals surface area (Å²) in [5.74, 6) is 0.596. The largest absolute Gasteiger partial charge is 0.497 e. The van der Waals surface area contributed by atoms with Crippen LogP contribution in [0.25, 0.3) is 0 Å². The number of aliphatic carboxylic acids is 1. The lowest BCUT2D eigenvalue weighted by Gasteiger charge is -2.27. The maximum Gasteiger partial charge on any atom is 0.309 e. The van der Waals surface area contributed by atoms with Crippen molar-refractivity contribution in [1.29, 1.82) is 0 Å². The molecule has 3 atom stereocenters. The van der Waals surface area contributed by atoms with Crippen LogP contribution >= 0.6 is 0 Å². The predicted molar refractivity (Wildman–Crippen MR) is 124 cm³/mol. The quantitative estimate of drug-likeness (QED) is 0.577. The van der Waals surface area contributed by atoms with Gasteiger partial charge in [-0.1, -0.05) is 48.5 Å². The molecule has 0 radical (unpaired) electrons. The number of nitrogens with zero attached hydrogens (tertiary/aromatic N) is 1. The van der Waals surface area contributed by atoms with Crippen LogP contribution in [0, 0.1) is 5.92 Å². The number of ether oxygens (including phenoxy) is 3. The second-order valence-corrected chi connectivity index (χ2v) is 8.53. The van der Waals surface area contributed by atoms with Gasteiger partial charge < -0.3 is 19.3 Å². The molecule has 6 nitrogen and oxygen atoms in total. The number of benzene rings is 3. The maximum atomic E-state index is 12.6. The van der Waals surface area contributed by atoms with Crippen molar-refractivity contribution in [3.8, 4) is 17.2 Å². The van der Waals surface area contributed by atoms with Gasteiger partial charge in [0.05, 0.1) is 13.0 Å². The highest BCUT2D eigenvalue weighted by Gasteiger charge is 2.47. The van der Waals surface area contributed by atoms with E-state index in [2.05, 4.69) is 17.0 Å². The zero-order valence-electron chi connectivity index (χ0n) is 18.5. The number of hydrogen-bond donors (Lipinski definition) is 1. The van der Waals surface area contributed by atoms with Crippen LogP contribution in [0.1, 0.15) is 28.7 Å². The first-order valence-corrected chi connectivity index (χ1v) is 11.2. The molecule has 3 aromatic carbocycles. The van der Waals surface area contributed by atoms with E-state index in [1.165, 1.54) is 5.56 Å². The van der Waals surface area contributed by atoms with Gasteiger partial charge in [-0.05, 0) is 47.4 Å². The Hall–Kier alpha value is -3.51. The highest BCUT2D eigenvalue weighted by Crippen LogP contribution is 2.47. The standard InChI is InChI=1S/C27H27NO5/c1-31-21-10-7-19(8-11-21)26-25(27(29)30)22(20-9-12-23-24(15-20)33-17-32-23)16-28(26)14-13-18-5-3-2-4-6-18/h2-12,15,22,25-26H,13-14,16-17H2,1H3,(H,29,30). The fourth-order valence-electron chi connectivity index (χ4n) is 5.06. The van der Waals surface area contributed by atoms with Crippen LogP contribution in [0.3, 0.4) is 0 Å². The third-order valence-corrected chi connectivity index (χ3v) is 6.70. The predicted octanol–water partition coefficient (Wildman–Crippen LogP) is 4.51. The van der Waals surface area contributed by atoms with Crippen LogP contribution in [0.5, 0.6) is 17.2 Å². The number of hydrogen-bond acceptors (Lipinski definition) is 5. The maximum absolute atomic E-state index is 12.6. The number of carboxylic acids is 1. The van der Waals surface area contributed by atoms with Crippen molar-refractivity contribution in [2.45, 2.75) is 18.4 Å². The van der Waals surface area contributed by atoms with Crippen LogP contribution in [0.4, 0.5) is 0 Å². The summed E-state index contributed by atoms with van der Waals surface area (Å²) in [6.45, 7) is 1.62. The molecule has 5 rings (SSSR count). The van der Waals surface area contributed by atoms with Crippen LogP contribution in [0.15, 0.2) is 72.8 Å². The van der Waals surface area contributed by atoms with E-state index in [4.69, 9.17) is 14.2 Å². The molecule has 0 aliphatic carbocycles. The molecule has 3 aromatic rings. The summed E-state index contributed by atoms with van der Waals surface area (Å²) >= 11 is 0. The smallest absolute Gasteiger partial charge is 0.309 e. The Morgan fingerprint density at radius 1 is 1.00 bits per heavy atom. The molecule has 2 aliphatic rings. The Morgan fingerprint density at radius 3 is 2.45 bits per heavy atom. The van der Waals surface area contributed by atoms with E-state index in [-0.39, 0.29) is 18.8 Å². The third kappa shape index (κ3) is 4.26. The molecule has 0 bridgehead atoms. The average molecular weight is 446 g/mol. The van der Waals surface area contributed by atoms with E-state index in [9.17, 15) is 9.90 Å². The van der Waals surface area contributed by atoms with Gasteiger partial charge in [-0.2, -0.15) is 0 Å². The Morgan fingerprint density at radius 2 is 1.73 bits per heavy atom. The van der Waals surface area contributed by atoms with E-state index < -0.39 is 11.9 Å². The van der Waals surface area contributed by atoms with Gasteiger partial charge in [0.15, 0.2) is 11.5 Å². The first-order chi connectivity index (χ1) is 16.1. The zero-order chi connectivity index (χ0) is 22.8. The third-order valence-electron chi connectivity index (χ3n) is 6.70. The van der Waals surface area contributed by atoms with Gasteiger partial charge in [-0.25, -0.2) is 0 Å². The second kappa shape index (κ2) is 9.16. The van der Waals surface area contributed by atoms with Crippen molar-refractivity contribution < 1.29 is 24.1 Å². The Balaban J connectivity index is 1.49. The minimum Gasteiger partial charge on any atom is -0.497 e. The molecule has 0 spiro atoms. The minimum absolute atomic E-state index is 0.167. The lowest BCUT2D eigenvalue weighted by molar-refractivity contribution is -0.143. The molecule has 0 amide bonds. The topological polar surface area (TPSA) is 68.2 Å². The SMILES string of the molecule is COc1ccc(C2C(C(=O)O)C(c3ccc4c(c3)OCO4)CN2CCc2ccccc2)cc1. The number of methoxy groups -OCH3 is 1. The van der Waals surface area contributed by atoms with Crippen molar-refractivity contribution in [2.24, 2.45) is 5.92 Å². The fraction of sp³-hybridized carbons (Fsp3) is 0.296. The molecule has 6 heteroatoms. The van der Waals surface area contributed by atoms with Crippen molar-refractivity contribution in [3.05, 3.63) is 89.5 Å². The molecule has 2 heterocycles. The number of carbonyl (C=O) groups is 1.